The molecular weight excluding hydrogens is 284 g/mol. The first-order valence-corrected chi connectivity index (χ1v) is 9.40. The zero-order chi connectivity index (χ0) is 15.3. The molecule has 0 unspecified atom stereocenters. The van der Waals surface area contributed by atoms with E-state index in [2.05, 4.69) is 22.4 Å². The normalized spacial score (nSPS) is 27.6. The fourth-order valence-electron chi connectivity index (χ4n) is 3.20. The molecule has 0 spiro atoms. The Morgan fingerprint density at radius 2 is 1.90 bits per heavy atom. The SMILES string of the molecule is CC(C)(C)OC(=O)NC[C@@H]1CCC[C@@H]1NC1CCSCC1. The Balaban J connectivity index is 1.72. The molecule has 1 saturated heterocycles. The van der Waals surface area contributed by atoms with Crippen LogP contribution in [0.2, 0.25) is 0 Å². The van der Waals surface area contributed by atoms with Crippen molar-refractivity contribution in [3.8, 4) is 0 Å². The van der Waals surface area contributed by atoms with Crippen molar-refractivity contribution >= 4 is 17.9 Å². The highest BCUT2D eigenvalue weighted by Crippen LogP contribution is 2.27. The van der Waals surface area contributed by atoms with Gasteiger partial charge in [0.15, 0.2) is 0 Å². The maximum atomic E-state index is 11.8. The molecule has 5 heteroatoms. The van der Waals surface area contributed by atoms with Crippen LogP contribution in [0.3, 0.4) is 0 Å². The van der Waals surface area contributed by atoms with Crippen LogP contribution in [0.5, 0.6) is 0 Å². The van der Waals surface area contributed by atoms with Crippen molar-refractivity contribution in [2.75, 3.05) is 18.1 Å². The van der Waals surface area contributed by atoms with Gasteiger partial charge in [-0.25, -0.2) is 4.79 Å². The summed E-state index contributed by atoms with van der Waals surface area (Å²) in [6, 6.07) is 1.24. The lowest BCUT2D eigenvalue weighted by Crippen LogP contribution is -2.45. The number of hydrogen-bond acceptors (Lipinski definition) is 4. The number of hydrogen-bond donors (Lipinski definition) is 2. The highest BCUT2D eigenvalue weighted by Gasteiger charge is 2.30. The van der Waals surface area contributed by atoms with Crippen LogP contribution in [0, 0.1) is 5.92 Å². The molecule has 1 aliphatic carbocycles. The molecule has 1 aliphatic heterocycles. The van der Waals surface area contributed by atoms with E-state index in [0.29, 0.717) is 18.0 Å². The second-order valence-corrected chi connectivity index (χ2v) is 8.46. The van der Waals surface area contributed by atoms with Crippen molar-refractivity contribution < 1.29 is 9.53 Å². The molecule has 1 amide bonds. The number of rotatable bonds is 4. The van der Waals surface area contributed by atoms with E-state index < -0.39 is 5.60 Å². The molecule has 0 radical (unpaired) electrons. The molecule has 1 saturated carbocycles. The van der Waals surface area contributed by atoms with E-state index in [1.807, 2.05) is 20.8 Å². The maximum absolute atomic E-state index is 11.8. The summed E-state index contributed by atoms with van der Waals surface area (Å²) in [7, 11) is 0. The molecule has 2 atom stereocenters. The summed E-state index contributed by atoms with van der Waals surface area (Å²) in [6.45, 7) is 6.42. The molecule has 0 aromatic heterocycles. The van der Waals surface area contributed by atoms with E-state index >= 15 is 0 Å². The Kier molecular flexibility index (Phi) is 6.23. The zero-order valence-electron chi connectivity index (χ0n) is 13.6. The van der Waals surface area contributed by atoms with Gasteiger partial charge in [0.25, 0.3) is 0 Å². The quantitative estimate of drug-likeness (QED) is 0.837. The van der Waals surface area contributed by atoms with Gasteiger partial charge in [0.1, 0.15) is 5.60 Å². The average Bonchev–Trinajstić information content (AvgIpc) is 2.83. The second kappa shape index (κ2) is 7.73. The van der Waals surface area contributed by atoms with Crippen LogP contribution in [0.15, 0.2) is 0 Å². The van der Waals surface area contributed by atoms with Crippen molar-refractivity contribution in [2.45, 2.75) is 70.6 Å². The Hall–Kier alpha value is -0.420. The molecular formula is C16H30N2O2S. The zero-order valence-corrected chi connectivity index (χ0v) is 14.4. The average molecular weight is 314 g/mol. The first-order chi connectivity index (χ1) is 9.94. The number of ether oxygens (including phenoxy) is 1. The minimum absolute atomic E-state index is 0.290. The summed E-state index contributed by atoms with van der Waals surface area (Å²) in [5.74, 6) is 3.11. The smallest absolute Gasteiger partial charge is 0.407 e. The third-order valence-corrected chi connectivity index (χ3v) is 5.29. The van der Waals surface area contributed by atoms with Gasteiger partial charge in [0.2, 0.25) is 0 Å². The number of amides is 1. The molecule has 122 valence electrons. The molecule has 0 aromatic carbocycles. The maximum Gasteiger partial charge on any atom is 0.407 e. The van der Waals surface area contributed by atoms with Crippen LogP contribution in [-0.4, -0.2) is 41.8 Å². The number of thioether (sulfide) groups is 1. The van der Waals surface area contributed by atoms with E-state index in [-0.39, 0.29) is 6.09 Å². The van der Waals surface area contributed by atoms with Gasteiger partial charge < -0.3 is 15.4 Å². The van der Waals surface area contributed by atoms with Gasteiger partial charge in [0, 0.05) is 18.6 Å². The lowest BCUT2D eigenvalue weighted by atomic mass is 10.0. The number of nitrogens with one attached hydrogen (secondary N) is 2. The van der Waals surface area contributed by atoms with Crippen LogP contribution in [-0.2, 0) is 4.74 Å². The lowest BCUT2D eigenvalue weighted by molar-refractivity contribution is 0.0517. The lowest BCUT2D eigenvalue weighted by Gasteiger charge is -2.29. The molecule has 0 aromatic rings. The molecule has 21 heavy (non-hydrogen) atoms. The standard InChI is InChI=1S/C16H30N2O2S/c1-16(2,3)20-15(19)17-11-12-5-4-6-14(12)18-13-7-9-21-10-8-13/h12-14,18H,4-11H2,1-3H3,(H,17,19)/t12-,14-/m0/s1. The molecule has 1 heterocycles. The molecule has 2 N–H and O–H groups in total. The minimum atomic E-state index is -0.419. The monoisotopic (exact) mass is 314 g/mol. The summed E-state index contributed by atoms with van der Waals surface area (Å²) >= 11 is 2.06. The van der Waals surface area contributed by atoms with E-state index in [9.17, 15) is 4.79 Å². The van der Waals surface area contributed by atoms with Gasteiger partial charge in [-0.05, 0) is 63.9 Å². The van der Waals surface area contributed by atoms with Crippen LogP contribution in [0.25, 0.3) is 0 Å². The van der Waals surface area contributed by atoms with Crippen molar-refractivity contribution in [1.82, 2.24) is 10.6 Å². The Bertz CT molecular complexity index is 338. The van der Waals surface area contributed by atoms with Crippen LogP contribution in [0.1, 0.15) is 52.9 Å². The molecule has 4 nitrogen and oxygen atoms in total. The number of alkyl carbamates (subject to hydrolysis) is 1. The van der Waals surface area contributed by atoms with Gasteiger partial charge in [0.05, 0.1) is 0 Å². The highest BCUT2D eigenvalue weighted by molar-refractivity contribution is 7.99. The summed E-state index contributed by atoms with van der Waals surface area (Å²) in [6.07, 6.45) is 5.99. The Labute approximate surface area is 133 Å². The van der Waals surface area contributed by atoms with E-state index in [4.69, 9.17) is 4.74 Å². The van der Waals surface area contributed by atoms with Gasteiger partial charge in [-0.1, -0.05) is 6.42 Å². The van der Waals surface area contributed by atoms with Crippen LogP contribution >= 0.6 is 11.8 Å². The van der Waals surface area contributed by atoms with Crippen LogP contribution in [0.4, 0.5) is 4.79 Å². The van der Waals surface area contributed by atoms with Crippen molar-refractivity contribution in [3.63, 3.8) is 0 Å². The first kappa shape index (κ1) is 16.9. The van der Waals surface area contributed by atoms with E-state index in [1.54, 1.807) is 0 Å². The molecule has 2 aliphatic rings. The summed E-state index contributed by atoms with van der Waals surface area (Å²) in [5, 5.41) is 6.78. The first-order valence-electron chi connectivity index (χ1n) is 8.25. The van der Waals surface area contributed by atoms with Crippen LogP contribution < -0.4 is 10.6 Å². The van der Waals surface area contributed by atoms with Gasteiger partial charge in [-0.3, -0.25) is 0 Å². The largest absolute Gasteiger partial charge is 0.444 e. The summed E-state index contributed by atoms with van der Waals surface area (Å²) < 4.78 is 5.31. The molecule has 0 bridgehead atoms. The van der Waals surface area contributed by atoms with Gasteiger partial charge in [-0.2, -0.15) is 11.8 Å². The summed E-state index contributed by atoms with van der Waals surface area (Å²) in [5.41, 5.74) is -0.419. The molecule has 2 fully saturated rings. The topological polar surface area (TPSA) is 50.4 Å². The Morgan fingerprint density at radius 1 is 1.19 bits per heavy atom. The van der Waals surface area contributed by atoms with Crippen molar-refractivity contribution in [3.05, 3.63) is 0 Å². The van der Waals surface area contributed by atoms with Gasteiger partial charge in [-0.15, -0.1) is 0 Å². The summed E-state index contributed by atoms with van der Waals surface area (Å²) in [4.78, 5) is 11.8. The third kappa shape index (κ3) is 6.07. The highest BCUT2D eigenvalue weighted by atomic mass is 32.2. The minimum Gasteiger partial charge on any atom is -0.444 e. The predicted molar refractivity (Wildman–Crippen MR) is 88.8 cm³/mol. The third-order valence-electron chi connectivity index (χ3n) is 4.24. The van der Waals surface area contributed by atoms with E-state index in [0.717, 1.165) is 6.54 Å². The fourth-order valence-corrected chi connectivity index (χ4v) is 4.30. The van der Waals surface area contributed by atoms with Crippen molar-refractivity contribution in [2.24, 2.45) is 5.92 Å². The van der Waals surface area contributed by atoms with Crippen molar-refractivity contribution in [1.29, 1.82) is 0 Å². The fraction of sp³-hybridized carbons (Fsp3) is 0.938. The van der Waals surface area contributed by atoms with E-state index in [1.165, 1.54) is 43.6 Å². The Morgan fingerprint density at radius 3 is 2.57 bits per heavy atom. The van der Waals surface area contributed by atoms with Gasteiger partial charge >= 0.3 is 6.09 Å². The number of carbonyl (C=O) groups is 1. The predicted octanol–water partition coefficient (Wildman–Crippen LogP) is 3.17. The number of carbonyl (C=O) groups excluding carboxylic acids is 1. The second-order valence-electron chi connectivity index (χ2n) is 7.23. The molecule has 2 rings (SSSR count).